The predicted molar refractivity (Wildman–Crippen MR) is 68.6 cm³/mol. The van der Waals surface area contributed by atoms with Gasteiger partial charge in [-0.1, -0.05) is 24.3 Å². The molecule has 0 aromatic heterocycles. The molecule has 1 aliphatic rings. The first-order valence-corrected chi connectivity index (χ1v) is 7.53. The van der Waals surface area contributed by atoms with Crippen LogP contribution in [0.1, 0.15) is 24.5 Å². The Bertz CT molecular complexity index is 389. The Labute approximate surface area is 98.1 Å². The summed E-state index contributed by atoms with van der Waals surface area (Å²) < 4.78 is 12.0. The van der Waals surface area contributed by atoms with Crippen molar-refractivity contribution in [2.24, 2.45) is 0 Å². The average Bonchev–Trinajstić information content (AvgIpc) is 2.23. The van der Waals surface area contributed by atoms with Gasteiger partial charge < -0.3 is 0 Å². The van der Waals surface area contributed by atoms with Crippen LogP contribution in [0.15, 0.2) is 24.3 Å². The first kappa shape index (κ1) is 11.2. The topological polar surface area (TPSA) is 17.1 Å². The minimum absolute atomic E-state index is 0.191. The largest absolute Gasteiger partial charge is 0.258 e. The van der Waals surface area contributed by atoms with Gasteiger partial charge in [0, 0.05) is 16.6 Å². The molecule has 0 aliphatic carbocycles. The smallest absolute Gasteiger partial charge is 0.113 e. The number of hydrogen-bond acceptors (Lipinski definition) is 2. The molecule has 1 aromatic carbocycles. The maximum Gasteiger partial charge on any atom is 0.113 e. The van der Waals surface area contributed by atoms with Gasteiger partial charge in [0.05, 0.1) is 0 Å². The summed E-state index contributed by atoms with van der Waals surface area (Å²) in [7, 11) is -0.742. The van der Waals surface area contributed by atoms with E-state index in [1.165, 1.54) is 11.1 Å². The molecule has 0 radical (unpaired) electrons. The molecule has 1 heterocycles. The van der Waals surface area contributed by atoms with E-state index in [1.54, 1.807) is 0 Å². The fourth-order valence-electron chi connectivity index (χ4n) is 2.00. The number of benzene rings is 1. The van der Waals surface area contributed by atoms with Gasteiger partial charge in [-0.15, -0.1) is 11.8 Å². The summed E-state index contributed by atoms with van der Waals surface area (Å²) in [6.45, 7) is 4.22. The molecule has 1 aromatic rings. The van der Waals surface area contributed by atoms with Crippen molar-refractivity contribution >= 4 is 22.6 Å². The van der Waals surface area contributed by atoms with E-state index < -0.39 is 10.8 Å². The highest BCUT2D eigenvalue weighted by Gasteiger charge is 2.37. The van der Waals surface area contributed by atoms with Gasteiger partial charge in [-0.05, 0) is 37.1 Å². The van der Waals surface area contributed by atoms with Gasteiger partial charge in [-0.3, -0.25) is 4.21 Å². The summed E-state index contributed by atoms with van der Waals surface area (Å²) in [6, 6.07) is 8.30. The van der Waals surface area contributed by atoms with Crippen molar-refractivity contribution in [3.8, 4) is 0 Å². The van der Waals surface area contributed by atoms with E-state index in [0.29, 0.717) is 0 Å². The minimum atomic E-state index is -0.742. The molecule has 0 amide bonds. The van der Waals surface area contributed by atoms with Crippen LogP contribution in [0.25, 0.3) is 0 Å². The van der Waals surface area contributed by atoms with E-state index in [0.717, 1.165) is 17.9 Å². The van der Waals surface area contributed by atoms with Gasteiger partial charge in [0.2, 0.25) is 0 Å². The Balaban J connectivity index is 2.44. The van der Waals surface area contributed by atoms with Crippen LogP contribution in [-0.2, 0) is 14.9 Å². The van der Waals surface area contributed by atoms with Crippen LogP contribution in [0.4, 0.5) is 0 Å². The second-order valence-corrected chi connectivity index (χ2v) is 7.70. The Morgan fingerprint density at radius 2 is 2.13 bits per heavy atom. The van der Waals surface area contributed by atoms with Crippen LogP contribution < -0.4 is 0 Å². The van der Waals surface area contributed by atoms with E-state index in [-0.39, 0.29) is 4.08 Å². The molecule has 0 saturated carbocycles. The molecule has 1 nitrogen and oxygen atoms in total. The van der Waals surface area contributed by atoms with Gasteiger partial charge in [-0.2, -0.15) is 0 Å². The molecule has 82 valence electrons. The highest BCUT2D eigenvalue weighted by atomic mass is 32.2. The lowest BCUT2D eigenvalue weighted by atomic mass is 10.1. The summed E-state index contributed by atoms with van der Waals surface area (Å²) in [5.41, 5.74) is 2.50. The van der Waals surface area contributed by atoms with E-state index in [1.807, 2.05) is 23.9 Å². The number of aryl methyl sites for hydroxylation is 1. The van der Waals surface area contributed by atoms with E-state index >= 15 is 0 Å². The zero-order valence-corrected chi connectivity index (χ0v) is 10.8. The number of hydrogen-bond donors (Lipinski definition) is 0. The molecule has 1 unspecified atom stereocenters. The summed E-state index contributed by atoms with van der Waals surface area (Å²) in [4.78, 5) is 0. The minimum Gasteiger partial charge on any atom is -0.258 e. The Kier molecular flexibility index (Phi) is 3.21. The lowest BCUT2D eigenvalue weighted by molar-refractivity contribution is 0.667. The predicted octanol–water partition coefficient (Wildman–Crippen LogP) is 3.05. The van der Waals surface area contributed by atoms with Gasteiger partial charge in [0.25, 0.3) is 0 Å². The number of rotatable bonds is 1. The molecule has 1 saturated heterocycles. The molecule has 1 aliphatic heterocycles. The van der Waals surface area contributed by atoms with Crippen molar-refractivity contribution in [1.82, 2.24) is 0 Å². The summed E-state index contributed by atoms with van der Waals surface area (Å²) in [6.07, 6.45) is 1.08. The standard InChI is InChI=1S/C12H16OS2/c1-10-6-3-4-7-11(10)12(2)14-8-5-9-15(12)13/h3-4,6-7H,5,8-9H2,1-2H3/t12-,15?/m1/s1. The molecule has 0 N–H and O–H groups in total. The van der Waals surface area contributed by atoms with Crippen molar-refractivity contribution in [1.29, 1.82) is 0 Å². The second kappa shape index (κ2) is 4.30. The Morgan fingerprint density at radius 3 is 2.80 bits per heavy atom. The summed E-state index contributed by atoms with van der Waals surface area (Å²) in [5, 5.41) is 0. The SMILES string of the molecule is Cc1ccccc1[C@]1(C)SCCCS1=O. The lowest BCUT2D eigenvalue weighted by Gasteiger charge is -2.33. The zero-order chi connectivity index (χ0) is 10.9. The van der Waals surface area contributed by atoms with Crippen molar-refractivity contribution in [2.75, 3.05) is 11.5 Å². The Morgan fingerprint density at radius 1 is 1.40 bits per heavy atom. The normalized spacial score (nSPS) is 31.5. The maximum absolute atomic E-state index is 12.2. The highest BCUT2D eigenvalue weighted by Crippen LogP contribution is 2.44. The molecule has 15 heavy (non-hydrogen) atoms. The average molecular weight is 240 g/mol. The first-order valence-electron chi connectivity index (χ1n) is 5.23. The van der Waals surface area contributed by atoms with E-state index in [2.05, 4.69) is 26.0 Å². The van der Waals surface area contributed by atoms with Crippen molar-refractivity contribution in [2.45, 2.75) is 24.3 Å². The van der Waals surface area contributed by atoms with Gasteiger partial charge >= 0.3 is 0 Å². The van der Waals surface area contributed by atoms with Crippen molar-refractivity contribution in [3.63, 3.8) is 0 Å². The molecule has 2 rings (SSSR count). The fourth-order valence-corrected chi connectivity index (χ4v) is 5.54. The third kappa shape index (κ3) is 2.00. The molecule has 3 heteroatoms. The van der Waals surface area contributed by atoms with Gasteiger partial charge in [-0.25, -0.2) is 0 Å². The quantitative estimate of drug-likeness (QED) is 0.750. The zero-order valence-electron chi connectivity index (χ0n) is 9.16. The van der Waals surface area contributed by atoms with Crippen LogP contribution in [-0.4, -0.2) is 15.7 Å². The molecular weight excluding hydrogens is 224 g/mol. The van der Waals surface area contributed by atoms with Crippen LogP contribution in [0.5, 0.6) is 0 Å². The summed E-state index contributed by atoms with van der Waals surface area (Å²) in [5.74, 6) is 1.97. The second-order valence-electron chi connectivity index (χ2n) is 4.01. The van der Waals surface area contributed by atoms with Crippen molar-refractivity contribution < 1.29 is 4.21 Å². The molecule has 1 fully saturated rings. The van der Waals surface area contributed by atoms with Gasteiger partial charge in [0.1, 0.15) is 4.08 Å². The molecule has 0 spiro atoms. The first-order chi connectivity index (χ1) is 7.14. The third-order valence-corrected chi connectivity index (χ3v) is 6.84. The maximum atomic E-state index is 12.2. The molecule has 0 bridgehead atoms. The van der Waals surface area contributed by atoms with Crippen LogP contribution in [0.2, 0.25) is 0 Å². The third-order valence-electron chi connectivity index (χ3n) is 2.92. The van der Waals surface area contributed by atoms with E-state index in [9.17, 15) is 4.21 Å². The summed E-state index contributed by atoms with van der Waals surface area (Å²) >= 11 is 1.84. The monoisotopic (exact) mass is 240 g/mol. The van der Waals surface area contributed by atoms with Crippen molar-refractivity contribution in [3.05, 3.63) is 35.4 Å². The van der Waals surface area contributed by atoms with Gasteiger partial charge in [0.15, 0.2) is 0 Å². The van der Waals surface area contributed by atoms with E-state index in [4.69, 9.17) is 0 Å². The lowest BCUT2D eigenvalue weighted by Crippen LogP contribution is -2.31. The van der Waals surface area contributed by atoms with Crippen LogP contribution in [0, 0.1) is 6.92 Å². The Hall–Kier alpha value is -0.280. The number of thioether (sulfide) groups is 1. The molecular formula is C12H16OS2. The fraction of sp³-hybridized carbons (Fsp3) is 0.500. The van der Waals surface area contributed by atoms with Crippen LogP contribution in [0.3, 0.4) is 0 Å². The molecule has 2 atom stereocenters. The van der Waals surface area contributed by atoms with Crippen LogP contribution >= 0.6 is 11.8 Å². The highest BCUT2D eigenvalue weighted by molar-refractivity contribution is 8.12.